The van der Waals surface area contributed by atoms with Gasteiger partial charge in [-0.05, 0) is 50.1 Å². The van der Waals surface area contributed by atoms with Crippen LogP contribution in [0, 0.1) is 12.8 Å². The molecule has 98 valence electrons. The second kappa shape index (κ2) is 4.96. The number of hydrogen-bond acceptors (Lipinski definition) is 4. The van der Waals surface area contributed by atoms with Crippen molar-refractivity contribution in [2.45, 2.75) is 51.5 Å². The van der Waals surface area contributed by atoms with Gasteiger partial charge in [0.2, 0.25) is 0 Å². The monoisotopic (exact) mass is 265 g/mol. The van der Waals surface area contributed by atoms with E-state index in [1.807, 2.05) is 6.92 Å². The molecule has 0 aromatic carbocycles. The summed E-state index contributed by atoms with van der Waals surface area (Å²) in [6, 6.07) is 0.474. The van der Waals surface area contributed by atoms with Crippen LogP contribution in [-0.4, -0.2) is 33.0 Å². The van der Waals surface area contributed by atoms with E-state index in [0.29, 0.717) is 6.04 Å². The van der Waals surface area contributed by atoms with E-state index in [-0.39, 0.29) is 5.91 Å². The second-order valence-corrected chi connectivity index (χ2v) is 6.19. The molecule has 2 heterocycles. The van der Waals surface area contributed by atoms with E-state index in [9.17, 15) is 4.79 Å². The predicted octanol–water partition coefficient (Wildman–Crippen LogP) is 2.64. The standard InChI is InChI=1S/C13H19N3OS/c1-9-12(18-15-14-9)13(17)16-8-4-6-10-5-2-3-7-11(10)16/h10-11H,2-8H2,1H3/t10-,11-/m1/s1. The Labute approximate surface area is 112 Å². The van der Waals surface area contributed by atoms with Crippen LogP contribution in [0.15, 0.2) is 0 Å². The van der Waals surface area contributed by atoms with E-state index in [1.165, 1.54) is 43.6 Å². The van der Waals surface area contributed by atoms with Crippen molar-refractivity contribution in [1.82, 2.24) is 14.5 Å². The van der Waals surface area contributed by atoms with Crippen molar-refractivity contribution in [3.05, 3.63) is 10.6 Å². The van der Waals surface area contributed by atoms with Crippen molar-refractivity contribution in [1.29, 1.82) is 0 Å². The van der Waals surface area contributed by atoms with Gasteiger partial charge in [0.05, 0.1) is 5.69 Å². The minimum atomic E-state index is 0.166. The number of amides is 1. The predicted molar refractivity (Wildman–Crippen MR) is 70.7 cm³/mol. The first-order valence-corrected chi connectivity index (χ1v) is 7.64. The van der Waals surface area contributed by atoms with E-state index in [2.05, 4.69) is 14.5 Å². The Morgan fingerprint density at radius 1 is 1.28 bits per heavy atom. The molecule has 0 bridgehead atoms. The van der Waals surface area contributed by atoms with E-state index in [4.69, 9.17) is 0 Å². The van der Waals surface area contributed by atoms with Crippen LogP contribution in [0.5, 0.6) is 0 Å². The Morgan fingerprint density at radius 2 is 2.06 bits per heavy atom. The first kappa shape index (κ1) is 12.1. The fraction of sp³-hybridized carbons (Fsp3) is 0.769. The van der Waals surface area contributed by atoms with Crippen LogP contribution >= 0.6 is 11.5 Å². The number of carbonyl (C=O) groups excluding carboxylic acids is 1. The van der Waals surface area contributed by atoms with Gasteiger partial charge < -0.3 is 4.90 Å². The summed E-state index contributed by atoms with van der Waals surface area (Å²) in [5.41, 5.74) is 0.780. The number of nitrogens with zero attached hydrogens (tertiary/aromatic N) is 3. The maximum atomic E-state index is 12.6. The van der Waals surface area contributed by atoms with Crippen LogP contribution in [0.4, 0.5) is 0 Å². The van der Waals surface area contributed by atoms with E-state index in [1.54, 1.807) is 0 Å². The highest BCUT2D eigenvalue weighted by Gasteiger charge is 2.36. The molecule has 1 amide bonds. The molecule has 1 aromatic rings. The third kappa shape index (κ3) is 2.05. The average molecular weight is 265 g/mol. The fourth-order valence-electron chi connectivity index (χ4n) is 3.44. The Kier molecular flexibility index (Phi) is 3.33. The smallest absolute Gasteiger partial charge is 0.267 e. The molecular formula is C13H19N3OS. The fourth-order valence-corrected chi connectivity index (χ4v) is 4.05. The number of fused-ring (bicyclic) bond motifs is 1. The van der Waals surface area contributed by atoms with Crippen molar-refractivity contribution in [3.8, 4) is 0 Å². The maximum Gasteiger partial charge on any atom is 0.267 e. The molecule has 1 saturated carbocycles. The summed E-state index contributed by atoms with van der Waals surface area (Å²) in [4.78, 5) is 15.4. The SMILES string of the molecule is Cc1nnsc1C(=O)N1CCC[C@H]2CCCC[C@H]21. The highest BCUT2D eigenvalue weighted by Crippen LogP contribution is 2.36. The zero-order valence-corrected chi connectivity index (χ0v) is 11.6. The van der Waals surface area contributed by atoms with Gasteiger partial charge in [0.25, 0.3) is 5.91 Å². The Morgan fingerprint density at radius 3 is 2.83 bits per heavy atom. The van der Waals surface area contributed by atoms with Crippen molar-refractivity contribution in [2.75, 3.05) is 6.54 Å². The minimum absolute atomic E-state index is 0.166. The summed E-state index contributed by atoms with van der Waals surface area (Å²) in [6.45, 7) is 2.79. The quantitative estimate of drug-likeness (QED) is 0.784. The maximum absolute atomic E-state index is 12.6. The molecular weight excluding hydrogens is 246 g/mol. The average Bonchev–Trinajstić information content (AvgIpc) is 2.83. The lowest BCUT2D eigenvalue weighted by molar-refractivity contribution is 0.0394. The second-order valence-electron chi connectivity index (χ2n) is 5.44. The van der Waals surface area contributed by atoms with Gasteiger partial charge in [-0.25, -0.2) is 0 Å². The molecule has 1 aromatic heterocycles. The number of rotatable bonds is 1. The van der Waals surface area contributed by atoms with Gasteiger partial charge in [-0.15, -0.1) is 5.10 Å². The van der Waals surface area contributed by atoms with Crippen molar-refractivity contribution in [3.63, 3.8) is 0 Å². The molecule has 1 aliphatic heterocycles. The summed E-state index contributed by atoms with van der Waals surface area (Å²) in [5.74, 6) is 0.900. The molecule has 1 aliphatic carbocycles. The lowest BCUT2D eigenvalue weighted by atomic mass is 9.78. The zero-order chi connectivity index (χ0) is 12.5. The van der Waals surface area contributed by atoms with E-state index in [0.717, 1.165) is 29.5 Å². The van der Waals surface area contributed by atoms with Gasteiger partial charge in [0.1, 0.15) is 4.88 Å². The first-order valence-electron chi connectivity index (χ1n) is 6.87. The van der Waals surface area contributed by atoms with Gasteiger partial charge in [0.15, 0.2) is 0 Å². The zero-order valence-electron chi connectivity index (χ0n) is 10.8. The van der Waals surface area contributed by atoms with Crippen molar-refractivity contribution in [2.24, 2.45) is 5.92 Å². The molecule has 18 heavy (non-hydrogen) atoms. The molecule has 5 heteroatoms. The Bertz CT molecular complexity index is 443. The molecule has 0 N–H and O–H groups in total. The number of piperidine rings is 1. The normalized spacial score (nSPS) is 27.9. The van der Waals surface area contributed by atoms with Crippen molar-refractivity contribution < 1.29 is 4.79 Å². The lowest BCUT2D eigenvalue weighted by Gasteiger charge is -2.44. The van der Waals surface area contributed by atoms with Crippen LogP contribution in [0.1, 0.15) is 53.9 Å². The summed E-state index contributed by atoms with van der Waals surface area (Å²) < 4.78 is 3.89. The number of likely N-dealkylation sites (tertiary alicyclic amines) is 1. The summed E-state index contributed by atoms with van der Waals surface area (Å²) >= 11 is 1.24. The number of hydrogen-bond donors (Lipinski definition) is 0. The number of aryl methyl sites for hydroxylation is 1. The lowest BCUT2D eigenvalue weighted by Crippen LogP contribution is -2.49. The highest BCUT2D eigenvalue weighted by molar-refractivity contribution is 7.07. The number of aromatic nitrogens is 2. The molecule has 0 radical (unpaired) electrons. The Hall–Kier alpha value is -0.970. The Balaban J connectivity index is 1.82. The molecule has 1 saturated heterocycles. The van der Waals surface area contributed by atoms with E-state index >= 15 is 0 Å². The van der Waals surface area contributed by atoms with Crippen LogP contribution in [0.2, 0.25) is 0 Å². The van der Waals surface area contributed by atoms with Gasteiger partial charge in [0, 0.05) is 12.6 Å². The third-order valence-electron chi connectivity index (χ3n) is 4.35. The van der Waals surface area contributed by atoms with E-state index < -0.39 is 0 Å². The molecule has 2 fully saturated rings. The molecule has 0 spiro atoms. The molecule has 2 atom stereocenters. The molecule has 0 unspecified atom stereocenters. The van der Waals surface area contributed by atoms with Crippen LogP contribution in [-0.2, 0) is 0 Å². The molecule has 2 aliphatic rings. The minimum Gasteiger partial charge on any atom is -0.335 e. The van der Waals surface area contributed by atoms with Gasteiger partial charge in [-0.1, -0.05) is 17.3 Å². The van der Waals surface area contributed by atoms with Gasteiger partial charge >= 0.3 is 0 Å². The molecule has 3 rings (SSSR count). The summed E-state index contributed by atoms with van der Waals surface area (Å²) in [7, 11) is 0. The topological polar surface area (TPSA) is 46.1 Å². The summed E-state index contributed by atoms with van der Waals surface area (Å²) in [5, 5.41) is 3.96. The van der Waals surface area contributed by atoms with Crippen LogP contribution in [0.3, 0.4) is 0 Å². The number of carbonyl (C=O) groups is 1. The van der Waals surface area contributed by atoms with Crippen LogP contribution in [0.25, 0.3) is 0 Å². The largest absolute Gasteiger partial charge is 0.335 e. The van der Waals surface area contributed by atoms with Gasteiger partial charge in [-0.3, -0.25) is 4.79 Å². The summed E-state index contributed by atoms with van der Waals surface area (Å²) in [6.07, 6.45) is 7.54. The van der Waals surface area contributed by atoms with Gasteiger partial charge in [-0.2, -0.15) is 0 Å². The molecule has 4 nitrogen and oxygen atoms in total. The first-order chi connectivity index (χ1) is 8.77. The van der Waals surface area contributed by atoms with Crippen LogP contribution < -0.4 is 0 Å². The van der Waals surface area contributed by atoms with Crippen molar-refractivity contribution >= 4 is 17.4 Å². The highest BCUT2D eigenvalue weighted by atomic mass is 32.1. The third-order valence-corrected chi connectivity index (χ3v) is 5.17.